The number of nitrogens with zero attached hydrogens (tertiary/aromatic N) is 1. The molecule has 2 aliphatic rings. The van der Waals surface area contributed by atoms with E-state index in [0.29, 0.717) is 17.2 Å². The molecule has 0 aromatic heterocycles. The monoisotopic (exact) mass is 252 g/mol. The van der Waals surface area contributed by atoms with Gasteiger partial charge in [-0.15, -0.1) is 0 Å². The first kappa shape index (κ1) is 13.9. The van der Waals surface area contributed by atoms with Gasteiger partial charge in [0, 0.05) is 13.1 Å². The van der Waals surface area contributed by atoms with Gasteiger partial charge in [0.15, 0.2) is 0 Å². The van der Waals surface area contributed by atoms with Crippen LogP contribution >= 0.6 is 0 Å². The Bertz CT molecular complexity index is 295. The van der Waals surface area contributed by atoms with Crippen LogP contribution in [0.25, 0.3) is 0 Å². The van der Waals surface area contributed by atoms with Crippen LogP contribution in [0.2, 0.25) is 0 Å². The van der Waals surface area contributed by atoms with E-state index < -0.39 is 0 Å². The summed E-state index contributed by atoms with van der Waals surface area (Å²) in [7, 11) is 0. The fourth-order valence-corrected chi connectivity index (χ4v) is 3.20. The quantitative estimate of drug-likeness (QED) is 0.818. The second-order valence-electron chi connectivity index (χ2n) is 6.54. The Kier molecular flexibility index (Phi) is 4.31. The Labute approximate surface area is 111 Å². The normalized spacial score (nSPS) is 32.3. The van der Waals surface area contributed by atoms with E-state index in [9.17, 15) is 4.79 Å². The molecule has 0 bridgehead atoms. The number of carbonyl (C=O) groups is 1. The summed E-state index contributed by atoms with van der Waals surface area (Å²) in [4.78, 5) is 14.6. The Morgan fingerprint density at radius 2 is 2.06 bits per heavy atom. The molecule has 1 amide bonds. The molecular formula is C15H28N2O. The van der Waals surface area contributed by atoms with Crippen molar-refractivity contribution in [3.05, 3.63) is 0 Å². The Morgan fingerprint density at radius 3 is 2.61 bits per heavy atom. The molecule has 0 saturated carbocycles. The summed E-state index contributed by atoms with van der Waals surface area (Å²) >= 11 is 0. The highest BCUT2D eigenvalue weighted by Crippen LogP contribution is 2.34. The Hall–Kier alpha value is -0.570. The molecule has 2 aliphatic heterocycles. The van der Waals surface area contributed by atoms with E-state index in [4.69, 9.17) is 0 Å². The number of rotatable bonds is 2. The average Bonchev–Trinajstić information content (AvgIpc) is 2.39. The molecule has 18 heavy (non-hydrogen) atoms. The second-order valence-corrected chi connectivity index (χ2v) is 6.54. The average molecular weight is 252 g/mol. The molecule has 0 aliphatic carbocycles. The number of carbonyl (C=O) groups excluding carboxylic acids is 1. The van der Waals surface area contributed by atoms with Crippen LogP contribution in [-0.4, -0.2) is 36.5 Å². The van der Waals surface area contributed by atoms with Gasteiger partial charge >= 0.3 is 0 Å². The fourth-order valence-electron chi connectivity index (χ4n) is 3.20. The first-order chi connectivity index (χ1) is 8.56. The summed E-state index contributed by atoms with van der Waals surface area (Å²) < 4.78 is 0. The highest BCUT2D eigenvalue weighted by atomic mass is 16.2. The molecule has 2 fully saturated rings. The zero-order chi connectivity index (χ0) is 13.2. The van der Waals surface area contributed by atoms with Gasteiger partial charge < -0.3 is 10.2 Å². The summed E-state index contributed by atoms with van der Waals surface area (Å²) in [5.74, 6) is 0.839. The zero-order valence-electron chi connectivity index (χ0n) is 12.2. The number of piperidine rings is 2. The molecule has 2 rings (SSSR count). The number of nitrogens with one attached hydrogen (secondary N) is 1. The van der Waals surface area contributed by atoms with E-state index >= 15 is 0 Å². The molecule has 3 heteroatoms. The van der Waals surface area contributed by atoms with Crippen molar-refractivity contribution in [3.8, 4) is 0 Å². The van der Waals surface area contributed by atoms with Crippen molar-refractivity contribution in [2.75, 3.05) is 19.6 Å². The molecule has 1 N–H and O–H groups in total. The van der Waals surface area contributed by atoms with Crippen molar-refractivity contribution in [3.63, 3.8) is 0 Å². The molecule has 0 radical (unpaired) electrons. The number of likely N-dealkylation sites (tertiary alicyclic amines) is 1. The molecular weight excluding hydrogens is 224 g/mol. The summed E-state index contributed by atoms with van der Waals surface area (Å²) in [6.07, 6.45) is 5.95. The number of hydrogen-bond donors (Lipinski definition) is 1. The van der Waals surface area contributed by atoms with E-state index in [2.05, 4.69) is 31.0 Å². The van der Waals surface area contributed by atoms with Gasteiger partial charge in [0.25, 0.3) is 0 Å². The topological polar surface area (TPSA) is 32.3 Å². The van der Waals surface area contributed by atoms with Crippen molar-refractivity contribution in [1.82, 2.24) is 10.2 Å². The third-order valence-electron chi connectivity index (χ3n) is 5.17. The summed E-state index contributed by atoms with van der Waals surface area (Å²) in [5.41, 5.74) is 0.461. The first-order valence-corrected chi connectivity index (χ1v) is 7.58. The number of hydrogen-bond acceptors (Lipinski definition) is 2. The van der Waals surface area contributed by atoms with E-state index in [0.717, 1.165) is 32.5 Å². The smallest absolute Gasteiger partial charge is 0.239 e. The van der Waals surface area contributed by atoms with E-state index in [1.54, 1.807) is 0 Å². The van der Waals surface area contributed by atoms with Crippen LogP contribution in [0.5, 0.6) is 0 Å². The van der Waals surface area contributed by atoms with Crippen molar-refractivity contribution in [2.24, 2.45) is 11.3 Å². The molecule has 0 spiro atoms. The molecule has 0 aromatic rings. The highest BCUT2D eigenvalue weighted by molar-refractivity contribution is 5.82. The first-order valence-electron chi connectivity index (χ1n) is 7.58. The SMILES string of the molecule is CCC1(C)CCN(C(=O)C2NCCCC2C)CC1. The van der Waals surface area contributed by atoms with Crippen LogP contribution in [0.15, 0.2) is 0 Å². The van der Waals surface area contributed by atoms with Crippen LogP contribution in [0.1, 0.15) is 52.9 Å². The van der Waals surface area contributed by atoms with Crippen LogP contribution < -0.4 is 5.32 Å². The van der Waals surface area contributed by atoms with Crippen LogP contribution in [-0.2, 0) is 4.79 Å². The van der Waals surface area contributed by atoms with Crippen LogP contribution in [0, 0.1) is 11.3 Å². The molecule has 3 nitrogen and oxygen atoms in total. The summed E-state index contributed by atoms with van der Waals surface area (Å²) in [6, 6.07) is 0.0738. The van der Waals surface area contributed by atoms with E-state index in [1.807, 2.05) is 0 Å². The van der Waals surface area contributed by atoms with E-state index in [1.165, 1.54) is 19.3 Å². The highest BCUT2D eigenvalue weighted by Gasteiger charge is 2.35. The Morgan fingerprint density at radius 1 is 1.39 bits per heavy atom. The minimum atomic E-state index is 0.0738. The predicted molar refractivity (Wildman–Crippen MR) is 74.4 cm³/mol. The van der Waals surface area contributed by atoms with Crippen molar-refractivity contribution >= 4 is 5.91 Å². The maximum absolute atomic E-state index is 12.5. The zero-order valence-corrected chi connectivity index (χ0v) is 12.2. The van der Waals surface area contributed by atoms with Crippen LogP contribution in [0.4, 0.5) is 0 Å². The molecule has 2 unspecified atom stereocenters. The second kappa shape index (κ2) is 5.60. The fraction of sp³-hybridized carbons (Fsp3) is 0.933. The number of amides is 1. The van der Waals surface area contributed by atoms with Crippen molar-refractivity contribution in [1.29, 1.82) is 0 Å². The third-order valence-corrected chi connectivity index (χ3v) is 5.17. The largest absolute Gasteiger partial charge is 0.341 e. The van der Waals surface area contributed by atoms with Gasteiger partial charge in [0.1, 0.15) is 0 Å². The van der Waals surface area contributed by atoms with Crippen molar-refractivity contribution < 1.29 is 4.79 Å². The van der Waals surface area contributed by atoms with Crippen molar-refractivity contribution in [2.45, 2.75) is 58.9 Å². The van der Waals surface area contributed by atoms with Gasteiger partial charge in [-0.3, -0.25) is 4.79 Å². The standard InChI is InChI=1S/C15H28N2O/c1-4-15(3)7-10-17(11-8-15)14(18)13-12(2)6-5-9-16-13/h12-13,16H,4-11H2,1-3H3. The lowest BCUT2D eigenvalue weighted by Crippen LogP contribution is -2.54. The lowest BCUT2D eigenvalue weighted by molar-refractivity contribution is -0.137. The van der Waals surface area contributed by atoms with Gasteiger partial charge in [-0.05, 0) is 43.6 Å². The minimum Gasteiger partial charge on any atom is -0.341 e. The van der Waals surface area contributed by atoms with E-state index in [-0.39, 0.29) is 6.04 Å². The van der Waals surface area contributed by atoms with Gasteiger partial charge in [0.2, 0.25) is 5.91 Å². The summed E-state index contributed by atoms with van der Waals surface area (Å²) in [6.45, 7) is 9.73. The molecule has 2 saturated heterocycles. The maximum atomic E-state index is 12.5. The minimum absolute atomic E-state index is 0.0738. The Balaban J connectivity index is 1.91. The lowest BCUT2D eigenvalue weighted by atomic mass is 9.78. The van der Waals surface area contributed by atoms with Crippen LogP contribution in [0.3, 0.4) is 0 Å². The molecule has 2 atom stereocenters. The lowest BCUT2D eigenvalue weighted by Gasteiger charge is -2.41. The third kappa shape index (κ3) is 2.87. The van der Waals surface area contributed by atoms with Gasteiger partial charge in [-0.25, -0.2) is 0 Å². The molecule has 0 aromatic carbocycles. The molecule has 104 valence electrons. The van der Waals surface area contributed by atoms with Gasteiger partial charge in [0.05, 0.1) is 6.04 Å². The summed E-state index contributed by atoms with van der Waals surface area (Å²) in [5, 5.41) is 3.41. The molecule has 2 heterocycles. The predicted octanol–water partition coefficient (Wildman–Crippen LogP) is 2.41. The maximum Gasteiger partial charge on any atom is 0.239 e. The van der Waals surface area contributed by atoms with Gasteiger partial charge in [-0.1, -0.05) is 27.2 Å². The van der Waals surface area contributed by atoms with Gasteiger partial charge in [-0.2, -0.15) is 0 Å².